The maximum atomic E-state index is 12.1. The molecule has 0 aliphatic heterocycles. The number of ether oxygens (including phenoxy) is 1. The van der Waals surface area contributed by atoms with E-state index in [4.69, 9.17) is 4.42 Å². The second kappa shape index (κ2) is 8.52. The van der Waals surface area contributed by atoms with Crippen molar-refractivity contribution in [2.75, 3.05) is 13.7 Å². The van der Waals surface area contributed by atoms with Crippen LogP contribution in [-0.4, -0.2) is 31.4 Å². The van der Waals surface area contributed by atoms with E-state index in [1.54, 1.807) is 18.2 Å². The van der Waals surface area contributed by atoms with E-state index in [2.05, 4.69) is 15.4 Å². The minimum absolute atomic E-state index is 0.00160. The average Bonchev–Trinajstić information content (AvgIpc) is 3.14. The van der Waals surface area contributed by atoms with E-state index in [0.29, 0.717) is 0 Å². The monoisotopic (exact) mass is 330 g/mol. The second-order valence-corrected chi connectivity index (χ2v) is 4.97. The van der Waals surface area contributed by atoms with E-state index in [0.717, 1.165) is 5.56 Å². The molecule has 0 aliphatic carbocycles. The first kappa shape index (κ1) is 17.3. The van der Waals surface area contributed by atoms with Crippen molar-refractivity contribution in [3.05, 3.63) is 60.1 Å². The molecule has 2 N–H and O–H groups in total. The van der Waals surface area contributed by atoms with Crippen molar-refractivity contribution >= 4 is 17.8 Å². The molecule has 0 bridgehead atoms. The Bertz CT molecular complexity index is 682. The van der Waals surface area contributed by atoms with E-state index in [1.165, 1.54) is 19.4 Å². The van der Waals surface area contributed by atoms with Crippen LogP contribution in [0.3, 0.4) is 0 Å². The van der Waals surface area contributed by atoms with E-state index < -0.39 is 23.8 Å². The zero-order chi connectivity index (χ0) is 17.4. The first-order valence-electron chi connectivity index (χ1n) is 7.33. The fourth-order valence-corrected chi connectivity index (χ4v) is 2.09. The Morgan fingerprint density at radius 1 is 1.12 bits per heavy atom. The summed E-state index contributed by atoms with van der Waals surface area (Å²) in [6.07, 6.45) is 1.37. The van der Waals surface area contributed by atoms with Crippen LogP contribution in [0.5, 0.6) is 0 Å². The second-order valence-electron chi connectivity index (χ2n) is 4.97. The van der Waals surface area contributed by atoms with Gasteiger partial charge in [0.15, 0.2) is 5.76 Å². The minimum Gasteiger partial charge on any atom is -0.469 e. The molecule has 2 rings (SSSR count). The highest BCUT2D eigenvalue weighted by Gasteiger charge is 2.19. The van der Waals surface area contributed by atoms with E-state index in [9.17, 15) is 14.4 Å². The van der Waals surface area contributed by atoms with Crippen LogP contribution >= 0.6 is 0 Å². The third-order valence-electron chi connectivity index (χ3n) is 3.29. The van der Waals surface area contributed by atoms with Crippen LogP contribution < -0.4 is 10.6 Å². The lowest BCUT2D eigenvalue weighted by Gasteiger charge is -2.18. The summed E-state index contributed by atoms with van der Waals surface area (Å²) in [5.74, 6) is -1.23. The van der Waals surface area contributed by atoms with Gasteiger partial charge in [-0.1, -0.05) is 30.3 Å². The SMILES string of the molecule is COC(=O)C[C@H](NC(=O)CNC(=O)c1ccco1)c1ccccc1. The van der Waals surface area contributed by atoms with E-state index in [-0.39, 0.29) is 18.7 Å². The maximum Gasteiger partial charge on any atom is 0.307 e. The molecule has 0 saturated heterocycles. The lowest BCUT2D eigenvalue weighted by atomic mass is 10.0. The number of hydrogen-bond donors (Lipinski definition) is 2. The van der Waals surface area contributed by atoms with Gasteiger partial charge < -0.3 is 19.8 Å². The number of benzene rings is 1. The van der Waals surface area contributed by atoms with Crippen LogP contribution in [0.2, 0.25) is 0 Å². The van der Waals surface area contributed by atoms with Gasteiger partial charge in [0, 0.05) is 0 Å². The van der Waals surface area contributed by atoms with Crippen molar-refractivity contribution in [1.29, 1.82) is 0 Å². The van der Waals surface area contributed by atoms with Gasteiger partial charge in [0.1, 0.15) is 0 Å². The number of carbonyl (C=O) groups excluding carboxylic acids is 3. The van der Waals surface area contributed by atoms with E-state index in [1.807, 2.05) is 18.2 Å². The number of nitrogens with one attached hydrogen (secondary N) is 2. The molecule has 24 heavy (non-hydrogen) atoms. The van der Waals surface area contributed by atoms with Gasteiger partial charge in [-0.25, -0.2) is 0 Å². The van der Waals surface area contributed by atoms with Crippen molar-refractivity contribution in [2.24, 2.45) is 0 Å². The summed E-state index contributed by atoms with van der Waals surface area (Å²) < 4.78 is 9.60. The first-order chi connectivity index (χ1) is 11.6. The Balaban J connectivity index is 1.94. The summed E-state index contributed by atoms with van der Waals surface area (Å²) >= 11 is 0. The molecule has 0 saturated carbocycles. The Hall–Kier alpha value is -3.09. The summed E-state index contributed by atoms with van der Waals surface area (Å²) in [7, 11) is 1.29. The largest absolute Gasteiger partial charge is 0.469 e. The average molecular weight is 330 g/mol. The van der Waals surface area contributed by atoms with Gasteiger partial charge in [-0.3, -0.25) is 14.4 Å². The third-order valence-corrected chi connectivity index (χ3v) is 3.29. The van der Waals surface area contributed by atoms with Gasteiger partial charge in [-0.2, -0.15) is 0 Å². The molecule has 2 amide bonds. The van der Waals surface area contributed by atoms with Gasteiger partial charge >= 0.3 is 5.97 Å². The van der Waals surface area contributed by atoms with Crippen LogP contribution in [0.25, 0.3) is 0 Å². The van der Waals surface area contributed by atoms with Gasteiger partial charge in [0.25, 0.3) is 5.91 Å². The van der Waals surface area contributed by atoms with Crippen LogP contribution in [-0.2, 0) is 14.3 Å². The predicted octanol–water partition coefficient (Wildman–Crippen LogP) is 1.43. The molecule has 7 nitrogen and oxygen atoms in total. The molecule has 0 spiro atoms. The van der Waals surface area contributed by atoms with Crippen molar-refractivity contribution in [3.8, 4) is 0 Å². The Kier molecular flexibility index (Phi) is 6.13. The van der Waals surface area contributed by atoms with Crippen LogP contribution in [0.4, 0.5) is 0 Å². The number of methoxy groups -OCH3 is 1. The summed E-state index contributed by atoms with van der Waals surface area (Å²) in [6, 6.07) is 11.6. The number of amides is 2. The molecular formula is C17H18N2O5. The number of furan rings is 1. The topological polar surface area (TPSA) is 97.6 Å². The zero-order valence-corrected chi connectivity index (χ0v) is 13.2. The summed E-state index contributed by atoms with van der Waals surface area (Å²) in [5, 5.41) is 5.16. The molecule has 1 aromatic heterocycles. The highest BCUT2D eigenvalue weighted by atomic mass is 16.5. The number of hydrogen-bond acceptors (Lipinski definition) is 5. The summed E-state index contributed by atoms with van der Waals surface area (Å²) in [6.45, 7) is -0.232. The number of esters is 1. The molecule has 0 aliphatic rings. The Labute approximate surface area is 139 Å². The predicted molar refractivity (Wildman–Crippen MR) is 85.0 cm³/mol. The third kappa shape index (κ3) is 4.98. The van der Waals surface area contributed by atoms with Gasteiger partial charge in [0.05, 0.1) is 32.4 Å². The molecule has 0 fully saturated rings. The van der Waals surface area contributed by atoms with Gasteiger partial charge in [0.2, 0.25) is 5.91 Å². The maximum absolute atomic E-state index is 12.1. The van der Waals surface area contributed by atoms with Crippen LogP contribution in [0.1, 0.15) is 28.6 Å². The van der Waals surface area contributed by atoms with Gasteiger partial charge in [-0.15, -0.1) is 0 Å². The fraction of sp³-hybridized carbons (Fsp3) is 0.235. The normalized spacial score (nSPS) is 11.4. The molecular weight excluding hydrogens is 312 g/mol. The Morgan fingerprint density at radius 3 is 2.50 bits per heavy atom. The Morgan fingerprint density at radius 2 is 1.88 bits per heavy atom. The van der Waals surface area contributed by atoms with Crippen LogP contribution in [0, 0.1) is 0 Å². The molecule has 2 aromatic rings. The fourth-order valence-electron chi connectivity index (χ4n) is 2.09. The minimum atomic E-state index is -0.535. The standard InChI is InChI=1S/C17H18N2O5/c1-23-16(21)10-13(12-6-3-2-4-7-12)19-15(20)11-18-17(22)14-8-5-9-24-14/h2-9,13H,10-11H2,1H3,(H,18,22)(H,19,20)/t13-/m0/s1. The molecule has 0 radical (unpaired) electrons. The van der Waals surface area contributed by atoms with Crippen molar-refractivity contribution in [2.45, 2.75) is 12.5 Å². The first-order valence-corrected chi connectivity index (χ1v) is 7.33. The lowest BCUT2D eigenvalue weighted by Crippen LogP contribution is -2.39. The molecule has 1 aromatic carbocycles. The van der Waals surface area contributed by atoms with Crippen molar-refractivity contribution < 1.29 is 23.5 Å². The number of rotatable bonds is 7. The number of carbonyl (C=O) groups is 3. The molecule has 1 atom stereocenters. The summed E-state index contributed by atoms with van der Waals surface area (Å²) in [5.41, 5.74) is 0.772. The highest BCUT2D eigenvalue weighted by Crippen LogP contribution is 2.16. The smallest absolute Gasteiger partial charge is 0.307 e. The van der Waals surface area contributed by atoms with Crippen molar-refractivity contribution in [1.82, 2.24) is 10.6 Å². The van der Waals surface area contributed by atoms with Crippen molar-refractivity contribution in [3.63, 3.8) is 0 Å². The molecule has 7 heteroatoms. The van der Waals surface area contributed by atoms with Gasteiger partial charge in [-0.05, 0) is 17.7 Å². The highest BCUT2D eigenvalue weighted by molar-refractivity contribution is 5.94. The quantitative estimate of drug-likeness (QED) is 0.749. The molecule has 1 heterocycles. The van der Waals surface area contributed by atoms with Crippen LogP contribution in [0.15, 0.2) is 53.1 Å². The molecule has 0 unspecified atom stereocenters. The zero-order valence-electron chi connectivity index (χ0n) is 13.2. The van der Waals surface area contributed by atoms with E-state index >= 15 is 0 Å². The summed E-state index contributed by atoms with van der Waals surface area (Å²) in [4.78, 5) is 35.3. The molecule has 126 valence electrons. The lowest BCUT2D eigenvalue weighted by molar-refractivity contribution is -0.141.